The molecular weight excluding hydrogens is 531 g/mol. The summed E-state index contributed by atoms with van der Waals surface area (Å²) in [5.41, 5.74) is 7.80. The Kier molecular flexibility index (Phi) is 5.95. The maximum Gasteiger partial charge on any atom is 0.0674 e. The maximum atomic E-state index is 4.67. The average molecular weight is 553 g/mol. The summed E-state index contributed by atoms with van der Waals surface area (Å²) >= 11 is 1.65. The van der Waals surface area contributed by atoms with Gasteiger partial charge in [0.15, 0.2) is 0 Å². The molecule has 0 saturated heterocycles. The van der Waals surface area contributed by atoms with Crippen molar-refractivity contribution in [3.8, 4) is 17.1 Å². The van der Waals surface area contributed by atoms with Crippen molar-refractivity contribution in [3.63, 3.8) is 0 Å². The van der Waals surface area contributed by atoms with Crippen LogP contribution in [0.1, 0.15) is 50.7 Å². The van der Waals surface area contributed by atoms with Crippen molar-refractivity contribution in [2.45, 2.75) is 39.5 Å². The Balaban J connectivity index is 0.00000210. The predicted octanol–water partition coefficient (Wildman–Crippen LogP) is 6.19. The molecule has 4 aromatic rings. The summed E-state index contributed by atoms with van der Waals surface area (Å²) in [4.78, 5) is 9.03. The zero-order valence-corrected chi connectivity index (χ0v) is 19.1. The van der Waals surface area contributed by atoms with Crippen molar-refractivity contribution in [3.05, 3.63) is 65.4 Å². The van der Waals surface area contributed by atoms with Gasteiger partial charge in [0.2, 0.25) is 0 Å². The van der Waals surface area contributed by atoms with Gasteiger partial charge in [-0.3, -0.25) is 9.97 Å². The first-order chi connectivity index (χ1) is 12.6. The largest absolute Gasteiger partial charge is 0.340 e. The smallest absolute Gasteiger partial charge is 0.0674 e. The number of para-hydroxylation sites is 1. The van der Waals surface area contributed by atoms with Gasteiger partial charge in [-0.05, 0) is 33.2 Å². The third-order valence-electron chi connectivity index (χ3n) is 4.73. The topological polar surface area (TPSA) is 30.7 Å². The van der Waals surface area contributed by atoms with Gasteiger partial charge in [-0.1, -0.05) is 45.9 Å². The maximum absolute atomic E-state index is 4.67. The summed E-state index contributed by atoms with van der Waals surface area (Å²) in [6, 6.07) is 14.1. The number of aromatic nitrogens is 3. The van der Waals surface area contributed by atoms with Crippen LogP contribution in [0.2, 0.25) is 0 Å². The Morgan fingerprint density at radius 2 is 1.74 bits per heavy atom. The van der Waals surface area contributed by atoms with E-state index in [1.165, 1.54) is 16.8 Å². The molecule has 1 radical (unpaired) electrons. The minimum Gasteiger partial charge on any atom is -0.340 e. The predicted molar refractivity (Wildman–Crippen MR) is 109 cm³/mol. The van der Waals surface area contributed by atoms with Crippen LogP contribution >= 0.6 is 11.3 Å². The molecule has 0 N–H and O–H groups in total. The summed E-state index contributed by atoms with van der Waals surface area (Å²) in [7, 11) is 0. The number of hydrogen-bond acceptors (Lipinski definition) is 3. The van der Waals surface area contributed by atoms with Crippen molar-refractivity contribution < 1.29 is 20.1 Å². The molecule has 0 saturated carbocycles. The zero-order chi connectivity index (χ0) is 18.3. The van der Waals surface area contributed by atoms with Crippen LogP contribution in [0.25, 0.3) is 27.3 Å². The fourth-order valence-corrected chi connectivity index (χ4v) is 4.10. The SMILES string of the molecule is CC(C)c1cccc(C(C)C)c1-n1ccnc1-c1[c-]cc2ncsc2c1.[Ir]. The van der Waals surface area contributed by atoms with Gasteiger partial charge in [-0.25, -0.2) is 0 Å². The number of hydrogen-bond donors (Lipinski definition) is 0. The number of benzene rings is 2. The van der Waals surface area contributed by atoms with Crippen LogP contribution in [0.3, 0.4) is 0 Å². The van der Waals surface area contributed by atoms with Crippen LogP contribution < -0.4 is 0 Å². The van der Waals surface area contributed by atoms with E-state index in [1.807, 2.05) is 17.8 Å². The van der Waals surface area contributed by atoms with Crippen molar-refractivity contribution in [1.29, 1.82) is 0 Å². The molecular formula is C22H22IrN3S-. The van der Waals surface area contributed by atoms with E-state index in [1.54, 1.807) is 11.3 Å². The van der Waals surface area contributed by atoms with Crippen LogP contribution in [0.15, 0.2) is 48.2 Å². The van der Waals surface area contributed by atoms with Gasteiger partial charge in [-0.2, -0.15) is 0 Å². The molecule has 4 rings (SSSR count). The number of rotatable bonds is 4. The molecule has 0 aliphatic carbocycles. The van der Waals surface area contributed by atoms with E-state index in [-0.39, 0.29) is 20.1 Å². The van der Waals surface area contributed by atoms with Crippen molar-refractivity contribution in [2.24, 2.45) is 0 Å². The molecule has 0 aliphatic rings. The third kappa shape index (κ3) is 3.64. The average Bonchev–Trinajstić information content (AvgIpc) is 3.29. The second kappa shape index (κ2) is 8.05. The van der Waals surface area contributed by atoms with E-state index in [0.717, 1.165) is 21.6 Å². The first-order valence-corrected chi connectivity index (χ1v) is 9.86. The Morgan fingerprint density at radius 3 is 2.41 bits per heavy atom. The molecule has 0 atom stereocenters. The monoisotopic (exact) mass is 553 g/mol. The van der Waals surface area contributed by atoms with Gasteiger partial charge in [0.25, 0.3) is 0 Å². The van der Waals surface area contributed by atoms with Crippen molar-refractivity contribution in [1.82, 2.24) is 14.5 Å². The molecule has 0 unspecified atom stereocenters. The second-order valence-electron chi connectivity index (χ2n) is 7.16. The minimum atomic E-state index is 0. The van der Waals surface area contributed by atoms with Crippen LogP contribution in [0, 0.1) is 6.07 Å². The summed E-state index contributed by atoms with van der Waals surface area (Å²) < 4.78 is 3.39. The molecule has 2 aromatic heterocycles. The molecule has 3 nitrogen and oxygen atoms in total. The van der Waals surface area contributed by atoms with Crippen LogP contribution in [0.5, 0.6) is 0 Å². The molecule has 2 aromatic carbocycles. The Morgan fingerprint density at radius 1 is 1.04 bits per heavy atom. The van der Waals surface area contributed by atoms with E-state index in [9.17, 15) is 0 Å². The first kappa shape index (κ1) is 19.9. The summed E-state index contributed by atoms with van der Waals surface area (Å²) in [5.74, 6) is 1.80. The van der Waals surface area contributed by atoms with Gasteiger partial charge in [-0.15, -0.1) is 35.1 Å². The van der Waals surface area contributed by atoms with Gasteiger partial charge in [0.1, 0.15) is 0 Å². The molecule has 0 spiro atoms. The molecule has 141 valence electrons. The molecule has 2 heterocycles. The fourth-order valence-electron chi connectivity index (χ4n) is 3.40. The van der Waals surface area contributed by atoms with Crippen molar-refractivity contribution >= 4 is 21.6 Å². The van der Waals surface area contributed by atoms with Gasteiger partial charge < -0.3 is 4.57 Å². The van der Waals surface area contributed by atoms with E-state index in [2.05, 4.69) is 78.8 Å². The second-order valence-corrected chi connectivity index (χ2v) is 8.05. The molecule has 0 aliphatic heterocycles. The van der Waals surface area contributed by atoms with E-state index in [0.29, 0.717) is 11.8 Å². The molecule has 0 fully saturated rings. The van der Waals surface area contributed by atoms with E-state index >= 15 is 0 Å². The first-order valence-electron chi connectivity index (χ1n) is 8.98. The van der Waals surface area contributed by atoms with E-state index < -0.39 is 0 Å². The normalized spacial score (nSPS) is 11.3. The van der Waals surface area contributed by atoms with Gasteiger partial charge >= 0.3 is 0 Å². The Bertz CT molecular complexity index is 1040. The summed E-state index contributed by atoms with van der Waals surface area (Å²) in [6.45, 7) is 8.98. The zero-order valence-electron chi connectivity index (χ0n) is 15.9. The van der Waals surface area contributed by atoms with Crippen LogP contribution in [0.4, 0.5) is 0 Å². The van der Waals surface area contributed by atoms with Gasteiger partial charge in [0.05, 0.1) is 11.3 Å². The number of imidazole rings is 1. The minimum absolute atomic E-state index is 0. The third-order valence-corrected chi connectivity index (χ3v) is 5.52. The fraction of sp³-hybridized carbons (Fsp3) is 0.273. The van der Waals surface area contributed by atoms with Crippen molar-refractivity contribution in [2.75, 3.05) is 0 Å². The number of thiazole rings is 1. The summed E-state index contributed by atoms with van der Waals surface area (Å²) in [6.07, 6.45) is 3.94. The van der Waals surface area contributed by atoms with Crippen LogP contribution in [-0.2, 0) is 20.1 Å². The summed E-state index contributed by atoms with van der Waals surface area (Å²) in [5, 5.41) is 0. The Hall–Kier alpha value is -1.81. The van der Waals surface area contributed by atoms with Crippen LogP contribution in [-0.4, -0.2) is 14.5 Å². The molecule has 5 heteroatoms. The molecule has 27 heavy (non-hydrogen) atoms. The standard InChI is InChI=1S/C22H22N3S.Ir/c1-14(2)17-6-5-7-18(15(3)4)21(17)25-11-10-23-22(25)16-8-9-19-20(12-16)26-13-24-19;/h5-7,9-15H,1-4H3;/q-1;. The van der Waals surface area contributed by atoms with Gasteiger partial charge in [0, 0.05) is 38.2 Å². The quantitative estimate of drug-likeness (QED) is 0.283. The molecule has 0 amide bonds. The number of fused-ring (bicyclic) bond motifs is 1. The Labute approximate surface area is 177 Å². The molecule has 0 bridgehead atoms. The van der Waals surface area contributed by atoms with E-state index in [4.69, 9.17) is 0 Å². The number of nitrogens with zero attached hydrogens (tertiary/aromatic N) is 3.